The molecule has 0 radical (unpaired) electrons. The maximum atomic E-state index is 6.42. The van der Waals surface area contributed by atoms with Gasteiger partial charge in [0.05, 0.1) is 12.0 Å². The largest absolute Gasteiger partial charge is 0.474 e. The van der Waals surface area contributed by atoms with Gasteiger partial charge in [0.15, 0.2) is 0 Å². The molecular formula is C21H27N3O2S. The first-order valence-corrected chi connectivity index (χ1v) is 10.6. The van der Waals surface area contributed by atoms with Gasteiger partial charge in [0, 0.05) is 16.8 Å². The van der Waals surface area contributed by atoms with E-state index in [4.69, 9.17) is 15.9 Å². The van der Waals surface area contributed by atoms with Crippen molar-refractivity contribution >= 4 is 21.6 Å². The molecule has 0 saturated heterocycles. The topological polar surface area (TPSA) is 47.5 Å². The van der Waals surface area contributed by atoms with Gasteiger partial charge in [-0.25, -0.2) is 9.97 Å². The van der Waals surface area contributed by atoms with Crippen molar-refractivity contribution in [2.45, 2.75) is 56.6 Å². The van der Waals surface area contributed by atoms with Crippen LogP contribution in [0.1, 0.15) is 48.5 Å². The Bertz CT molecular complexity index is 834. The smallest absolute Gasteiger partial charge is 0.225 e. The number of nitrogens with zero attached hydrogens (tertiary/aromatic N) is 3. The zero-order valence-corrected chi connectivity index (χ0v) is 16.9. The average molecular weight is 386 g/mol. The average Bonchev–Trinajstić information content (AvgIpc) is 3.22. The summed E-state index contributed by atoms with van der Waals surface area (Å²) in [6.45, 7) is 1.02. The predicted octanol–water partition coefficient (Wildman–Crippen LogP) is 3.62. The zero-order chi connectivity index (χ0) is 18.8. The zero-order valence-electron chi connectivity index (χ0n) is 16.1. The van der Waals surface area contributed by atoms with E-state index in [0.717, 1.165) is 41.8 Å². The molecule has 0 bridgehead atoms. The molecule has 0 aliphatic heterocycles. The molecule has 2 aromatic heterocycles. The SMILES string of the molecule is C#CCOC[C@@H]1CCc2sc3ncnc(OC4CCC(N(C)C)CC4)c3c21. The normalized spacial score (nSPS) is 24.9. The molecule has 1 atom stereocenters. The second-order valence-electron chi connectivity index (χ2n) is 7.76. The Morgan fingerprint density at radius 3 is 2.78 bits per heavy atom. The Kier molecular flexibility index (Phi) is 5.63. The summed E-state index contributed by atoms with van der Waals surface area (Å²) in [5.41, 5.74) is 1.34. The first-order valence-electron chi connectivity index (χ1n) is 9.78. The number of rotatable bonds is 6. The van der Waals surface area contributed by atoms with Gasteiger partial charge in [-0.3, -0.25) is 0 Å². The van der Waals surface area contributed by atoms with Gasteiger partial charge in [-0.05, 0) is 58.2 Å². The number of hydrogen-bond acceptors (Lipinski definition) is 6. The van der Waals surface area contributed by atoms with Crippen LogP contribution < -0.4 is 4.74 Å². The van der Waals surface area contributed by atoms with E-state index in [0.29, 0.717) is 25.2 Å². The highest BCUT2D eigenvalue weighted by atomic mass is 32.1. The van der Waals surface area contributed by atoms with Crippen molar-refractivity contribution in [3.8, 4) is 18.2 Å². The Labute approximate surface area is 165 Å². The van der Waals surface area contributed by atoms with Crippen LogP contribution in [-0.4, -0.2) is 54.3 Å². The van der Waals surface area contributed by atoms with Crippen LogP contribution in [0.5, 0.6) is 5.88 Å². The van der Waals surface area contributed by atoms with E-state index < -0.39 is 0 Å². The summed E-state index contributed by atoms with van der Waals surface area (Å²) in [5.74, 6) is 3.67. The molecule has 0 unspecified atom stereocenters. The van der Waals surface area contributed by atoms with E-state index in [9.17, 15) is 0 Å². The first kappa shape index (κ1) is 18.7. The predicted molar refractivity (Wildman–Crippen MR) is 108 cm³/mol. The van der Waals surface area contributed by atoms with Gasteiger partial charge < -0.3 is 14.4 Å². The molecule has 0 amide bonds. The minimum Gasteiger partial charge on any atom is -0.474 e. The molecule has 1 saturated carbocycles. The lowest BCUT2D eigenvalue weighted by atomic mass is 9.92. The van der Waals surface area contributed by atoms with Crippen molar-refractivity contribution in [3.63, 3.8) is 0 Å². The van der Waals surface area contributed by atoms with Crippen LogP contribution in [0.15, 0.2) is 6.33 Å². The van der Waals surface area contributed by atoms with Crippen LogP contribution in [0, 0.1) is 12.3 Å². The minimum atomic E-state index is 0.243. The summed E-state index contributed by atoms with van der Waals surface area (Å²) in [6, 6.07) is 0.665. The molecule has 2 aromatic rings. The molecule has 5 nitrogen and oxygen atoms in total. The highest BCUT2D eigenvalue weighted by molar-refractivity contribution is 7.19. The van der Waals surface area contributed by atoms with Crippen molar-refractivity contribution in [1.29, 1.82) is 0 Å². The van der Waals surface area contributed by atoms with Gasteiger partial charge in [0.2, 0.25) is 5.88 Å². The van der Waals surface area contributed by atoms with Crippen molar-refractivity contribution in [3.05, 3.63) is 16.8 Å². The number of aryl methyl sites for hydroxylation is 1. The number of ether oxygens (including phenoxy) is 2. The third-order valence-electron chi connectivity index (χ3n) is 5.85. The Balaban J connectivity index is 1.55. The summed E-state index contributed by atoms with van der Waals surface area (Å²) in [6.07, 6.45) is 13.9. The summed E-state index contributed by atoms with van der Waals surface area (Å²) in [4.78, 5) is 13.8. The lowest BCUT2D eigenvalue weighted by Gasteiger charge is -2.32. The van der Waals surface area contributed by atoms with E-state index in [-0.39, 0.29) is 6.10 Å². The molecule has 144 valence electrons. The molecular weight excluding hydrogens is 358 g/mol. The number of aromatic nitrogens is 2. The fourth-order valence-electron chi connectivity index (χ4n) is 4.39. The summed E-state index contributed by atoms with van der Waals surface area (Å²) < 4.78 is 12.1. The lowest BCUT2D eigenvalue weighted by molar-refractivity contribution is 0.108. The van der Waals surface area contributed by atoms with Crippen LogP contribution in [0.2, 0.25) is 0 Å². The summed E-state index contributed by atoms with van der Waals surface area (Å²) in [5, 5.41) is 1.11. The van der Waals surface area contributed by atoms with Gasteiger partial charge in [0.25, 0.3) is 0 Å². The highest BCUT2D eigenvalue weighted by Crippen LogP contribution is 2.46. The molecule has 0 spiro atoms. The molecule has 2 heterocycles. The third kappa shape index (κ3) is 3.82. The van der Waals surface area contributed by atoms with E-state index in [2.05, 4.69) is 34.9 Å². The highest BCUT2D eigenvalue weighted by Gasteiger charge is 2.31. The maximum absolute atomic E-state index is 6.42. The standard InChI is InChI=1S/C21H27N3O2S/c1-4-11-25-12-14-5-10-17-18(14)19-20(22-13-23-21(19)27-17)26-16-8-6-15(7-9-16)24(2)3/h1,13-16H,5-12H2,2-3H3/t14-,15?,16?/m0/s1. The number of terminal acetylenes is 1. The van der Waals surface area contributed by atoms with Gasteiger partial charge in [-0.2, -0.15) is 0 Å². The van der Waals surface area contributed by atoms with Gasteiger partial charge in [-0.15, -0.1) is 17.8 Å². The van der Waals surface area contributed by atoms with Gasteiger partial charge >= 0.3 is 0 Å². The molecule has 2 aliphatic rings. The van der Waals surface area contributed by atoms with Crippen LogP contribution in [0.4, 0.5) is 0 Å². The van der Waals surface area contributed by atoms with E-state index in [1.54, 1.807) is 17.7 Å². The van der Waals surface area contributed by atoms with Crippen molar-refractivity contribution in [2.75, 3.05) is 27.3 Å². The second kappa shape index (κ2) is 8.14. The third-order valence-corrected chi connectivity index (χ3v) is 7.03. The van der Waals surface area contributed by atoms with E-state index in [1.807, 2.05) is 0 Å². The van der Waals surface area contributed by atoms with Crippen molar-refractivity contribution in [1.82, 2.24) is 14.9 Å². The first-order chi connectivity index (χ1) is 13.2. The second-order valence-corrected chi connectivity index (χ2v) is 8.85. The van der Waals surface area contributed by atoms with Crippen LogP contribution in [-0.2, 0) is 11.2 Å². The summed E-state index contributed by atoms with van der Waals surface area (Å²) >= 11 is 1.78. The van der Waals surface area contributed by atoms with E-state index >= 15 is 0 Å². The molecule has 0 N–H and O–H groups in total. The van der Waals surface area contributed by atoms with Gasteiger partial charge in [0.1, 0.15) is 23.9 Å². The Morgan fingerprint density at radius 1 is 1.22 bits per heavy atom. The Morgan fingerprint density at radius 2 is 2.04 bits per heavy atom. The summed E-state index contributed by atoms with van der Waals surface area (Å²) in [7, 11) is 4.33. The van der Waals surface area contributed by atoms with Crippen molar-refractivity contribution < 1.29 is 9.47 Å². The maximum Gasteiger partial charge on any atom is 0.225 e. The van der Waals surface area contributed by atoms with Crippen LogP contribution >= 0.6 is 11.3 Å². The molecule has 4 rings (SSSR count). The quantitative estimate of drug-likeness (QED) is 0.561. The fraction of sp³-hybridized carbons (Fsp3) is 0.619. The number of hydrogen-bond donors (Lipinski definition) is 0. The Hall–Kier alpha value is -1.68. The monoisotopic (exact) mass is 385 g/mol. The van der Waals surface area contributed by atoms with Crippen LogP contribution in [0.3, 0.4) is 0 Å². The number of fused-ring (bicyclic) bond motifs is 3. The minimum absolute atomic E-state index is 0.243. The fourth-order valence-corrected chi connectivity index (χ4v) is 5.63. The number of thiophene rings is 1. The van der Waals surface area contributed by atoms with E-state index in [1.165, 1.54) is 23.3 Å². The molecule has 1 fully saturated rings. The molecule has 27 heavy (non-hydrogen) atoms. The van der Waals surface area contributed by atoms with Crippen LogP contribution in [0.25, 0.3) is 10.2 Å². The molecule has 0 aromatic carbocycles. The van der Waals surface area contributed by atoms with Crippen molar-refractivity contribution in [2.24, 2.45) is 0 Å². The lowest BCUT2D eigenvalue weighted by Crippen LogP contribution is -2.35. The molecule has 6 heteroatoms. The van der Waals surface area contributed by atoms with Gasteiger partial charge in [-0.1, -0.05) is 5.92 Å². The molecule has 2 aliphatic carbocycles.